The van der Waals surface area contributed by atoms with Gasteiger partial charge in [0, 0.05) is 13.1 Å². The van der Waals surface area contributed by atoms with Gasteiger partial charge in [-0.1, -0.05) is 19.8 Å². The van der Waals surface area contributed by atoms with Gasteiger partial charge in [0.05, 0.1) is 7.11 Å². The monoisotopic (exact) mass is 185 g/mol. The molecule has 1 aliphatic carbocycles. The van der Waals surface area contributed by atoms with Crippen LogP contribution in [0.4, 0.5) is 4.79 Å². The molecule has 0 spiro atoms. The van der Waals surface area contributed by atoms with Crippen molar-refractivity contribution in [2.24, 2.45) is 5.92 Å². The van der Waals surface area contributed by atoms with Gasteiger partial charge < -0.3 is 9.64 Å². The number of amides is 1. The second-order valence-electron chi connectivity index (χ2n) is 3.69. The van der Waals surface area contributed by atoms with Crippen LogP contribution >= 0.6 is 0 Å². The van der Waals surface area contributed by atoms with Crippen LogP contribution in [0.1, 0.15) is 32.6 Å². The Labute approximate surface area is 80.1 Å². The first-order valence-electron chi connectivity index (χ1n) is 5.10. The lowest BCUT2D eigenvalue weighted by Gasteiger charge is -2.19. The maximum Gasteiger partial charge on any atom is 0.409 e. The van der Waals surface area contributed by atoms with Gasteiger partial charge in [-0.3, -0.25) is 0 Å². The van der Waals surface area contributed by atoms with Crippen LogP contribution in [0, 0.1) is 5.92 Å². The van der Waals surface area contributed by atoms with E-state index in [1.54, 1.807) is 4.90 Å². The summed E-state index contributed by atoms with van der Waals surface area (Å²) in [4.78, 5) is 13.0. The maximum absolute atomic E-state index is 11.2. The summed E-state index contributed by atoms with van der Waals surface area (Å²) in [5, 5.41) is 0. The van der Waals surface area contributed by atoms with Crippen LogP contribution in [0.5, 0.6) is 0 Å². The van der Waals surface area contributed by atoms with Gasteiger partial charge >= 0.3 is 6.09 Å². The van der Waals surface area contributed by atoms with E-state index in [1.807, 2.05) is 0 Å². The van der Waals surface area contributed by atoms with Crippen LogP contribution in [0.2, 0.25) is 0 Å². The van der Waals surface area contributed by atoms with E-state index in [4.69, 9.17) is 4.74 Å². The quantitative estimate of drug-likeness (QED) is 0.657. The molecule has 0 aromatic carbocycles. The average molecular weight is 185 g/mol. The average Bonchev–Trinajstić information content (AvgIpc) is 2.94. The maximum atomic E-state index is 11.2. The second kappa shape index (κ2) is 5.10. The van der Waals surface area contributed by atoms with Crippen molar-refractivity contribution in [1.29, 1.82) is 0 Å². The van der Waals surface area contributed by atoms with Crippen molar-refractivity contribution in [2.45, 2.75) is 32.6 Å². The zero-order chi connectivity index (χ0) is 9.68. The molecule has 0 aliphatic heterocycles. The summed E-state index contributed by atoms with van der Waals surface area (Å²) in [5.41, 5.74) is 0. The first kappa shape index (κ1) is 10.4. The first-order valence-corrected chi connectivity index (χ1v) is 5.10. The highest BCUT2D eigenvalue weighted by molar-refractivity contribution is 5.67. The van der Waals surface area contributed by atoms with Crippen molar-refractivity contribution < 1.29 is 9.53 Å². The smallest absolute Gasteiger partial charge is 0.409 e. The van der Waals surface area contributed by atoms with Gasteiger partial charge in [0.15, 0.2) is 0 Å². The lowest BCUT2D eigenvalue weighted by Crippen LogP contribution is -2.32. The highest BCUT2D eigenvalue weighted by Gasteiger charge is 2.23. The molecule has 0 radical (unpaired) electrons. The predicted octanol–water partition coefficient (Wildman–Crippen LogP) is 2.26. The summed E-state index contributed by atoms with van der Waals surface area (Å²) >= 11 is 0. The Morgan fingerprint density at radius 1 is 1.46 bits per heavy atom. The third-order valence-corrected chi connectivity index (χ3v) is 2.43. The molecule has 0 heterocycles. The third kappa shape index (κ3) is 3.66. The molecule has 0 bridgehead atoms. The van der Waals surface area contributed by atoms with Crippen molar-refractivity contribution in [3.8, 4) is 0 Å². The molecular formula is C10H19NO2. The number of ether oxygens (including phenoxy) is 1. The van der Waals surface area contributed by atoms with E-state index in [-0.39, 0.29) is 6.09 Å². The van der Waals surface area contributed by atoms with Crippen molar-refractivity contribution in [2.75, 3.05) is 20.2 Å². The van der Waals surface area contributed by atoms with E-state index in [2.05, 4.69) is 6.92 Å². The normalized spacial score (nSPS) is 15.5. The van der Waals surface area contributed by atoms with Crippen molar-refractivity contribution >= 4 is 6.09 Å². The van der Waals surface area contributed by atoms with Gasteiger partial charge in [-0.25, -0.2) is 4.79 Å². The molecule has 13 heavy (non-hydrogen) atoms. The molecule has 1 amide bonds. The van der Waals surface area contributed by atoms with Crippen molar-refractivity contribution in [3.05, 3.63) is 0 Å². The molecule has 3 heteroatoms. The standard InChI is InChI=1S/C10H19NO2/c1-3-7-11(10(12)13-2)8-6-9-4-5-9/h9H,3-8H2,1-2H3. The van der Waals surface area contributed by atoms with Crippen LogP contribution in [0.3, 0.4) is 0 Å². The topological polar surface area (TPSA) is 29.5 Å². The summed E-state index contributed by atoms with van der Waals surface area (Å²) in [6.45, 7) is 3.76. The minimum absolute atomic E-state index is 0.178. The molecule has 0 N–H and O–H groups in total. The van der Waals surface area contributed by atoms with Crippen LogP contribution in [0.15, 0.2) is 0 Å². The fourth-order valence-electron chi connectivity index (χ4n) is 1.44. The molecule has 0 aromatic rings. The van der Waals surface area contributed by atoms with Crippen molar-refractivity contribution in [1.82, 2.24) is 4.90 Å². The van der Waals surface area contributed by atoms with E-state index < -0.39 is 0 Å². The van der Waals surface area contributed by atoms with E-state index >= 15 is 0 Å². The Balaban J connectivity index is 2.22. The summed E-state index contributed by atoms with van der Waals surface area (Å²) in [6, 6.07) is 0. The minimum atomic E-state index is -0.178. The Morgan fingerprint density at radius 2 is 2.15 bits per heavy atom. The molecule has 76 valence electrons. The van der Waals surface area contributed by atoms with Gasteiger partial charge in [-0.05, 0) is 18.8 Å². The second-order valence-corrected chi connectivity index (χ2v) is 3.69. The fourth-order valence-corrected chi connectivity index (χ4v) is 1.44. The number of methoxy groups -OCH3 is 1. The van der Waals surface area contributed by atoms with E-state index in [0.717, 1.165) is 31.8 Å². The van der Waals surface area contributed by atoms with E-state index in [1.165, 1.54) is 20.0 Å². The lowest BCUT2D eigenvalue weighted by atomic mass is 10.3. The fraction of sp³-hybridized carbons (Fsp3) is 0.900. The predicted molar refractivity (Wildman–Crippen MR) is 51.6 cm³/mol. The number of carbonyl (C=O) groups excluding carboxylic acids is 1. The van der Waals surface area contributed by atoms with E-state index in [0.29, 0.717) is 0 Å². The third-order valence-electron chi connectivity index (χ3n) is 2.43. The number of hydrogen-bond donors (Lipinski definition) is 0. The molecule has 0 aromatic heterocycles. The Morgan fingerprint density at radius 3 is 2.62 bits per heavy atom. The molecular weight excluding hydrogens is 166 g/mol. The summed E-state index contributed by atoms with van der Waals surface area (Å²) < 4.78 is 4.70. The van der Waals surface area contributed by atoms with Crippen LogP contribution in [-0.4, -0.2) is 31.2 Å². The van der Waals surface area contributed by atoms with Crippen LogP contribution in [0.25, 0.3) is 0 Å². The molecule has 3 nitrogen and oxygen atoms in total. The zero-order valence-electron chi connectivity index (χ0n) is 8.58. The van der Waals surface area contributed by atoms with Gasteiger partial charge in [0.1, 0.15) is 0 Å². The van der Waals surface area contributed by atoms with Gasteiger partial charge in [-0.2, -0.15) is 0 Å². The van der Waals surface area contributed by atoms with Gasteiger partial charge in [-0.15, -0.1) is 0 Å². The number of hydrogen-bond acceptors (Lipinski definition) is 2. The highest BCUT2D eigenvalue weighted by atomic mass is 16.5. The number of rotatable bonds is 5. The minimum Gasteiger partial charge on any atom is -0.453 e. The molecule has 1 aliphatic rings. The molecule has 0 atom stereocenters. The zero-order valence-corrected chi connectivity index (χ0v) is 8.58. The molecule has 0 unspecified atom stereocenters. The molecule has 1 rings (SSSR count). The Kier molecular flexibility index (Phi) is 4.06. The number of nitrogens with zero attached hydrogens (tertiary/aromatic N) is 1. The summed E-state index contributed by atoms with van der Waals surface area (Å²) in [7, 11) is 1.45. The molecule has 1 saturated carbocycles. The Bertz CT molecular complexity index is 166. The van der Waals surface area contributed by atoms with E-state index in [9.17, 15) is 4.79 Å². The summed E-state index contributed by atoms with van der Waals surface area (Å²) in [6.07, 6.45) is 4.67. The lowest BCUT2D eigenvalue weighted by molar-refractivity contribution is 0.122. The first-order chi connectivity index (χ1) is 6.27. The summed E-state index contributed by atoms with van der Waals surface area (Å²) in [5.74, 6) is 0.879. The van der Waals surface area contributed by atoms with Crippen molar-refractivity contribution in [3.63, 3.8) is 0 Å². The van der Waals surface area contributed by atoms with Crippen LogP contribution < -0.4 is 0 Å². The van der Waals surface area contributed by atoms with Gasteiger partial charge in [0.2, 0.25) is 0 Å². The molecule has 0 saturated heterocycles. The van der Waals surface area contributed by atoms with Gasteiger partial charge in [0.25, 0.3) is 0 Å². The van der Waals surface area contributed by atoms with Crippen LogP contribution in [-0.2, 0) is 4.74 Å². The Hall–Kier alpha value is -0.730. The highest BCUT2D eigenvalue weighted by Crippen LogP contribution is 2.32. The SMILES string of the molecule is CCCN(CCC1CC1)C(=O)OC. The largest absolute Gasteiger partial charge is 0.453 e. The number of carbonyl (C=O) groups is 1. The molecule has 1 fully saturated rings.